The molecule has 0 saturated heterocycles. The van der Waals surface area contributed by atoms with Crippen molar-refractivity contribution in [3.8, 4) is 11.5 Å². The van der Waals surface area contributed by atoms with Crippen LogP contribution in [0.4, 0.5) is 0 Å². The second-order valence-electron chi connectivity index (χ2n) is 7.86. The summed E-state index contributed by atoms with van der Waals surface area (Å²) in [6.45, 7) is 0. The third-order valence-corrected chi connectivity index (χ3v) is 6.20. The van der Waals surface area contributed by atoms with E-state index in [-0.39, 0.29) is 11.9 Å². The van der Waals surface area contributed by atoms with Gasteiger partial charge in [-0.1, -0.05) is 0 Å². The largest absolute Gasteiger partial charge is 0.497 e. The lowest BCUT2D eigenvalue weighted by atomic mass is 9.91. The van der Waals surface area contributed by atoms with E-state index in [2.05, 4.69) is 16.4 Å². The fourth-order valence-electron chi connectivity index (χ4n) is 4.62. The first-order chi connectivity index (χ1) is 14.6. The Morgan fingerprint density at radius 2 is 1.87 bits per heavy atom. The number of carbonyl (C=O) groups is 1. The van der Waals surface area contributed by atoms with Crippen LogP contribution in [0.5, 0.6) is 11.5 Å². The van der Waals surface area contributed by atoms with Crippen LogP contribution in [0, 0.1) is 0 Å². The molecule has 0 radical (unpaired) electrons. The Labute approximate surface area is 174 Å². The van der Waals surface area contributed by atoms with Crippen LogP contribution >= 0.6 is 0 Å². The fourth-order valence-corrected chi connectivity index (χ4v) is 4.62. The van der Waals surface area contributed by atoms with E-state index in [1.165, 1.54) is 10.9 Å². The molecule has 0 saturated carbocycles. The highest BCUT2D eigenvalue weighted by atomic mass is 16.5. The lowest BCUT2D eigenvalue weighted by Gasteiger charge is -2.24. The number of H-pyrrole nitrogens is 1. The van der Waals surface area contributed by atoms with Crippen LogP contribution in [-0.4, -0.2) is 29.7 Å². The maximum Gasteiger partial charge on any atom is 0.268 e. The van der Waals surface area contributed by atoms with E-state index in [0.717, 1.165) is 52.9 Å². The summed E-state index contributed by atoms with van der Waals surface area (Å²) in [7, 11) is 5.25. The average Bonchev–Trinajstić information content (AvgIpc) is 3.31. The van der Waals surface area contributed by atoms with Gasteiger partial charge in [-0.25, -0.2) is 0 Å². The van der Waals surface area contributed by atoms with Gasteiger partial charge in [-0.15, -0.1) is 0 Å². The van der Waals surface area contributed by atoms with E-state index >= 15 is 0 Å². The van der Waals surface area contributed by atoms with Gasteiger partial charge in [0.05, 0.1) is 20.3 Å². The Balaban J connectivity index is 1.48. The summed E-state index contributed by atoms with van der Waals surface area (Å²) in [5, 5.41) is 5.43. The number of methoxy groups -OCH3 is 2. The Kier molecular flexibility index (Phi) is 4.42. The highest BCUT2D eigenvalue weighted by molar-refractivity contribution is 5.99. The molecule has 2 N–H and O–H groups in total. The first-order valence-electron chi connectivity index (χ1n) is 10.2. The van der Waals surface area contributed by atoms with Crippen LogP contribution in [-0.2, 0) is 13.5 Å². The van der Waals surface area contributed by atoms with Gasteiger partial charge in [-0.05, 0) is 67.3 Å². The zero-order chi connectivity index (χ0) is 20.8. The van der Waals surface area contributed by atoms with Crippen molar-refractivity contribution in [2.24, 2.45) is 7.05 Å². The minimum absolute atomic E-state index is 0.0350. The number of aromatic nitrogens is 2. The minimum atomic E-state index is -0.0678. The molecule has 154 valence electrons. The minimum Gasteiger partial charge on any atom is -0.497 e. The number of aromatic amines is 1. The summed E-state index contributed by atoms with van der Waals surface area (Å²) in [5.74, 6) is 1.56. The molecule has 6 heteroatoms. The van der Waals surface area contributed by atoms with Crippen molar-refractivity contribution in [2.75, 3.05) is 14.2 Å². The highest BCUT2D eigenvalue weighted by Crippen LogP contribution is 2.36. The quantitative estimate of drug-likeness (QED) is 0.528. The summed E-state index contributed by atoms with van der Waals surface area (Å²) in [4.78, 5) is 16.7. The number of benzene rings is 2. The standard InChI is InChI=1S/C24H25N3O3/c1-27-21-10-8-15(29-2)11-14(21)12-22(27)24(28)26-20-6-4-5-17-18-13-16(30-3)7-9-19(18)25-23(17)20/h7-13,20,25H,4-6H2,1-3H3,(H,26,28). The number of amides is 1. The van der Waals surface area contributed by atoms with Crippen LogP contribution in [0.1, 0.15) is 40.6 Å². The van der Waals surface area contributed by atoms with Gasteiger partial charge in [0.25, 0.3) is 5.91 Å². The molecule has 1 aliphatic rings. The van der Waals surface area contributed by atoms with E-state index in [1.807, 2.05) is 48.0 Å². The van der Waals surface area contributed by atoms with Gasteiger partial charge in [0.15, 0.2) is 0 Å². The molecule has 30 heavy (non-hydrogen) atoms. The van der Waals surface area contributed by atoms with Crippen molar-refractivity contribution in [2.45, 2.75) is 25.3 Å². The number of hydrogen-bond acceptors (Lipinski definition) is 3. The van der Waals surface area contributed by atoms with Crippen molar-refractivity contribution in [3.05, 3.63) is 59.4 Å². The Morgan fingerprint density at radius 1 is 1.10 bits per heavy atom. The van der Waals surface area contributed by atoms with E-state index in [9.17, 15) is 4.79 Å². The molecule has 1 amide bonds. The van der Waals surface area contributed by atoms with Crippen molar-refractivity contribution in [1.82, 2.24) is 14.9 Å². The van der Waals surface area contributed by atoms with Crippen molar-refractivity contribution in [3.63, 3.8) is 0 Å². The molecule has 1 unspecified atom stereocenters. The van der Waals surface area contributed by atoms with E-state index < -0.39 is 0 Å². The first-order valence-corrected chi connectivity index (χ1v) is 10.2. The molecule has 1 atom stereocenters. The lowest BCUT2D eigenvalue weighted by Crippen LogP contribution is -2.32. The highest BCUT2D eigenvalue weighted by Gasteiger charge is 2.27. The third-order valence-electron chi connectivity index (χ3n) is 6.20. The van der Waals surface area contributed by atoms with Gasteiger partial charge in [0.2, 0.25) is 0 Å². The van der Waals surface area contributed by atoms with Crippen molar-refractivity contribution in [1.29, 1.82) is 0 Å². The smallest absolute Gasteiger partial charge is 0.268 e. The molecule has 6 nitrogen and oxygen atoms in total. The van der Waals surface area contributed by atoms with Gasteiger partial charge < -0.3 is 24.3 Å². The topological polar surface area (TPSA) is 68.3 Å². The number of carbonyl (C=O) groups excluding carboxylic acids is 1. The molecule has 0 fully saturated rings. The number of nitrogens with zero attached hydrogens (tertiary/aromatic N) is 1. The first kappa shape index (κ1) is 18.6. The predicted octanol–water partition coefficient (Wildman–Crippen LogP) is 4.48. The molecule has 0 spiro atoms. The van der Waals surface area contributed by atoms with Crippen LogP contribution < -0.4 is 14.8 Å². The molecular formula is C24H25N3O3. The summed E-state index contributed by atoms with van der Waals surface area (Å²) in [6, 6.07) is 13.8. The van der Waals surface area contributed by atoms with Crippen LogP contribution in [0.25, 0.3) is 21.8 Å². The van der Waals surface area contributed by atoms with Gasteiger partial charge in [-0.2, -0.15) is 0 Å². The molecule has 2 aromatic heterocycles. The molecule has 5 rings (SSSR count). The van der Waals surface area contributed by atoms with Crippen LogP contribution in [0.2, 0.25) is 0 Å². The normalized spacial score (nSPS) is 15.9. The fraction of sp³-hybridized carbons (Fsp3) is 0.292. The number of rotatable bonds is 4. The second-order valence-corrected chi connectivity index (χ2v) is 7.86. The van der Waals surface area contributed by atoms with E-state index in [0.29, 0.717) is 5.69 Å². The monoisotopic (exact) mass is 403 g/mol. The number of nitrogens with one attached hydrogen (secondary N) is 2. The third kappa shape index (κ3) is 2.91. The average molecular weight is 403 g/mol. The van der Waals surface area contributed by atoms with Gasteiger partial charge in [-0.3, -0.25) is 4.79 Å². The number of hydrogen-bond donors (Lipinski definition) is 2. The second kappa shape index (κ2) is 7.13. The molecule has 0 aliphatic heterocycles. The van der Waals surface area contributed by atoms with Crippen molar-refractivity contribution >= 4 is 27.7 Å². The van der Waals surface area contributed by atoms with Gasteiger partial charge in [0, 0.05) is 34.5 Å². The van der Waals surface area contributed by atoms with Crippen LogP contribution in [0.3, 0.4) is 0 Å². The number of fused-ring (bicyclic) bond motifs is 4. The molecule has 2 heterocycles. The van der Waals surface area contributed by atoms with E-state index in [4.69, 9.17) is 9.47 Å². The molecule has 2 aromatic carbocycles. The molecule has 4 aromatic rings. The number of ether oxygens (including phenoxy) is 2. The maximum atomic E-state index is 13.2. The molecule has 1 aliphatic carbocycles. The Bertz CT molecular complexity index is 1270. The van der Waals surface area contributed by atoms with E-state index in [1.54, 1.807) is 14.2 Å². The molecule has 0 bridgehead atoms. The number of aryl methyl sites for hydroxylation is 2. The van der Waals surface area contributed by atoms with Crippen molar-refractivity contribution < 1.29 is 14.3 Å². The summed E-state index contributed by atoms with van der Waals surface area (Å²) < 4.78 is 12.6. The van der Waals surface area contributed by atoms with Gasteiger partial charge >= 0.3 is 0 Å². The predicted molar refractivity (Wildman–Crippen MR) is 117 cm³/mol. The molecular weight excluding hydrogens is 378 g/mol. The maximum absolute atomic E-state index is 13.2. The zero-order valence-electron chi connectivity index (χ0n) is 17.4. The van der Waals surface area contributed by atoms with Gasteiger partial charge in [0.1, 0.15) is 17.2 Å². The van der Waals surface area contributed by atoms with Crippen LogP contribution in [0.15, 0.2) is 42.5 Å². The summed E-state index contributed by atoms with van der Waals surface area (Å²) in [6.07, 6.45) is 2.96. The lowest BCUT2D eigenvalue weighted by molar-refractivity contribution is 0.0924. The summed E-state index contributed by atoms with van der Waals surface area (Å²) >= 11 is 0. The Hall–Kier alpha value is -3.41. The zero-order valence-corrected chi connectivity index (χ0v) is 17.4. The Morgan fingerprint density at radius 3 is 2.67 bits per heavy atom. The summed E-state index contributed by atoms with van der Waals surface area (Å²) in [5.41, 5.74) is 5.12. The SMILES string of the molecule is COc1ccc2c(c1)cc(C(=O)NC1CCCc3c1[nH]c1ccc(OC)cc31)n2C.